The van der Waals surface area contributed by atoms with E-state index < -0.39 is 0 Å². The van der Waals surface area contributed by atoms with Crippen LogP contribution in [0.2, 0.25) is 0 Å². The Morgan fingerprint density at radius 3 is 2.86 bits per heavy atom. The van der Waals surface area contributed by atoms with Gasteiger partial charge < -0.3 is 15.5 Å². The van der Waals surface area contributed by atoms with Crippen LogP contribution in [0.3, 0.4) is 0 Å². The maximum atomic E-state index is 12.5. The molecule has 0 saturated carbocycles. The molecule has 1 amide bonds. The van der Waals surface area contributed by atoms with Gasteiger partial charge in [0.05, 0.1) is 0 Å². The summed E-state index contributed by atoms with van der Waals surface area (Å²) in [5.74, 6) is 0.280. The molecule has 0 aliphatic carbocycles. The third-order valence-electron chi connectivity index (χ3n) is 4.00. The number of rotatable bonds is 4. The van der Waals surface area contributed by atoms with E-state index >= 15 is 0 Å². The van der Waals surface area contributed by atoms with Crippen LogP contribution in [0, 0.1) is 12.8 Å². The minimum absolute atomic E-state index is 0.120. The zero-order valence-electron chi connectivity index (χ0n) is 13.6. The predicted octanol–water partition coefficient (Wildman–Crippen LogP) is 2.38. The van der Waals surface area contributed by atoms with Crippen molar-refractivity contribution >= 4 is 11.6 Å². The van der Waals surface area contributed by atoms with E-state index in [0.717, 1.165) is 31.6 Å². The van der Waals surface area contributed by atoms with Gasteiger partial charge in [0.25, 0.3) is 0 Å². The Hall–Kier alpha value is -1.39. The number of carbonyl (C=O) groups is 1. The van der Waals surface area contributed by atoms with Crippen molar-refractivity contribution in [2.45, 2.75) is 39.3 Å². The van der Waals surface area contributed by atoms with Gasteiger partial charge in [-0.2, -0.15) is 0 Å². The summed E-state index contributed by atoms with van der Waals surface area (Å²) in [4.78, 5) is 14.6. The van der Waals surface area contributed by atoms with Crippen molar-refractivity contribution in [2.75, 3.05) is 26.0 Å². The lowest BCUT2D eigenvalue weighted by atomic mass is 9.92. The molecule has 2 atom stereocenters. The zero-order valence-corrected chi connectivity index (χ0v) is 13.6. The van der Waals surface area contributed by atoms with E-state index in [1.165, 1.54) is 11.1 Å². The molecule has 116 valence electrons. The monoisotopic (exact) mass is 289 g/mol. The van der Waals surface area contributed by atoms with Gasteiger partial charge in [-0.1, -0.05) is 17.7 Å². The molecule has 4 heteroatoms. The molecular weight excluding hydrogens is 262 g/mol. The number of piperidine rings is 1. The number of hydrogen-bond donors (Lipinski definition) is 2. The third kappa shape index (κ3) is 4.55. The molecule has 0 bridgehead atoms. The average molecular weight is 289 g/mol. The standard InChI is InChI=1S/C17H27N3O/c1-12-5-6-16(15(9-12)11-20(3)4)19-17(21)14-7-8-18-13(2)10-14/h5-6,9,13-14,18H,7-8,10-11H2,1-4H3,(H,19,21)/t13-,14-/m0/s1. The van der Waals surface area contributed by atoms with Gasteiger partial charge in [-0.25, -0.2) is 0 Å². The summed E-state index contributed by atoms with van der Waals surface area (Å²) in [6, 6.07) is 6.66. The largest absolute Gasteiger partial charge is 0.326 e. The Kier molecular flexibility index (Phi) is 5.37. The maximum absolute atomic E-state index is 12.5. The van der Waals surface area contributed by atoms with E-state index in [2.05, 4.69) is 41.5 Å². The lowest BCUT2D eigenvalue weighted by molar-refractivity contribution is -0.120. The third-order valence-corrected chi connectivity index (χ3v) is 4.00. The average Bonchev–Trinajstić information content (AvgIpc) is 2.41. The van der Waals surface area contributed by atoms with Crippen LogP contribution >= 0.6 is 0 Å². The van der Waals surface area contributed by atoms with Crippen LogP contribution < -0.4 is 10.6 Å². The fraction of sp³-hybridized carbons (Fsp3) is 0.588. The van der Waals surface area contributed by atoms with Gasteiger partial charge in [0, 0.05) is 24.2 Å². The van der Waals surface area contributed by atoms with Gasteiger partial charge >= 0.3 is 0 Å². The predicted molar refractivity (Wildman–Crippen MR) is 87.4 cm³/mol. The molecule has 2 rings (SSSR count). The molecule has 1 aromatic rings. The first kappa shape index (κ1) is 16.0. The number of benzene rings is 1. The maximum Gasteiger partial charge on any atom is 0.227 e. The van der Waals surface area contributed by atoms with Crippen molar-refractivity contribution in [3.8, 4) is 0 Å². The van der Waals surface area contributed by atoms with Crippen LogP contribution in [-0.2, 0) is 11.3 Å². The second-order valence-corrected chi connectivity index (χ2v) is 6.46. The Labute approximate surface area is 127 Å². The summed E-state index contributed by atoms with van der Waals surface area (Å²) in [6.07, 6.45) is 1.84. The van der Waals surface area contributed by atoms with Crippen LogP contribution in [0.1, 0.15) is 30.9 Å². The van der Waals surface area contributed by atoms with Crippen molar-refractivity contribution in [3.63, 3.8) is 0 Å². The Balaban J connectivity index is 2.09. The van der Waals surface area contributed by atoms with Crippen molar-refractivity contribution in [3.05, 3.63) is 29.3 Å². The molecule has 0 unspecified atom stereocenters. The SMILES string of the molecule is Cc1ccc(NC(=O)[C@H]2CCN[C@@H](C)C2)c(CN(C)C)c1. The fourth-order valence-electron chi connectivity index (χ4n) is 2.92. The Bertz CT molecular complexity index is 499. The lowest BCUT2D eigenvalue weighted by Gasteiger charge is -2.27. The summed E-state index contributed by atoms with van der Waals surface area (Å²) in [5, 5.41) is 6.53. The van der Waals surface area contributed by atoms with E-state index in [4.69, 9.17) is 0 Å². The first-order valence-electron chi connectivity index (χ1n) is 7.74. The zero-order chi connectivity index (χ0) is 15.4. The van der Waals surface area contributed by atoms with Crippen molar-refractivity contribution < 1.29 is 4.79 Å². The number of nitrogens with one attached hydrogen (secondary N) is 2. The van der Waals surface area contributed by atoms with Gasteiger partial charge in [0.1, 0.15) is 0 Å². The summed E-state index contributed by atoms with van der Waals surface area (Å²) < 4.78 is 0. The first-order valence-corrected chi connectivity index (χ1v) is 7.74. The van der Waals surface area contributed by atoms with Gasteiger partial charge in [0.2, 0.25) is 5.91 Å². The number of carbonyl (C=O) groups excluding carboxylic acids is 1. The van der Waals surface area contributed by atoms with Crippen molar-refractivity contribution in [1.29, 1.82) is 0 Å². The topological polar surface area (TPSA) is 44.4 Å². The van der Waals surface area contributed by atoms with Crippen LogP contribution in [0.5, 0.6) is 0 Å². The van der Waals surface area contributed by atoms with Gasteiger partial charge in [-0.3, -0.25) is 4.79 Å². The van der Waals surface area contributed by atoms with Gasteiger partial charge in [0.15, 0.2) is 0 Å². The molecule has 1 aromatic carbocycles. The van der Waals surface area contributed by atoms with E-state index in [1.54, 1.807) is 0 Å². The smallest absolute Gasteiger partial charge is 0.227 e. The molecule has 21 heavy (non-hydrogen) atoms. The lowest BCUT2D eigenvalue weighted by Crippen LogP contribution is -2.40. The summed E-state index contributed by atoms with van der Waals surface area (Å²) in [7, 11) is 4.09. The second kappa shape index (κ2) is 7.05. The summed E-state index contributed by atoms with van der Waals surface area (Å²) in [5.41, 5.74) is 3.35. The normalized spacial score (nSPS) is 22.3. The molecule has 0 spiro atoms. The highest BCUT2D eigenvalue weighted by molar-refractivity contribution is 5.93. The molecule has 1 aliphatic rings. The van der Waals surface area contributed by atoms with E-state index in [1.807, 2.05) is 20.2 Å². The van der Waals surface area contributed by atoms with Gasteiger partial charge in [-0.05, 0) is 59.0 Å². The molecule has 1 aliphatic heterocycles. The van der Waals surface area contributed by atoms with Crippen molar-refractivity contribution in [1.82, 2.24) is 10.2 Å². The van der Waals surface area contributed by atoms with Crippen molar-refractivity contribution in [2.24, 2.45) is 5.92 Å². The number of amides is 1. The highest BCUT2D eigenvalue weighted by Crippen LogP contribution is 2.22. The van der Waals surface area contributed by atoms with E-state index in [9.17, 15) is 4.79 Å². The van der Waals surface area contributed by atoms with Crippen LogP contribution in [0.4, 0.5) is 5.69 Å². The van der Waals surface area contributed by atoms with E-state index in [-0.39, 0.29) is 11.8 Å². The first-order chi connectivity index (χ1) is 9.95. The molecule has 0 radical (unpaired) electrons. The summed E-state index contributed by atoms with van der Waals surface area (Å²) in [6.45, 7) is 5.99. The minimum atomic E-state index is 0.120. The van der Waals surface area contributed by atoms with Crippen LogP contribution in [0.15, 0.2) is 18.2 Å². The number of nitrogens with zero attached hydrogens (tertiary/aromatic N) is 1. The molecule has 1 heterocycles. The molecular formula is C17H27N3O. The number of anilines is 1. The molecule has 2 N–H and O–H groups in total. The van der Waals surface area contributed by atoms with Crippen LogP contribution in [-0.4, -0.2) is 37.5 Å². The highest BCUT2D eigenvalue weighted by atomic mass is 16.1. The number of hydrogen-bond acceptors (Lipinski definition) is 3. The summed E-state index contributed by atoms with van der Waals surface area (Å²) >= 11 is 0. The second-order valence-electron chi connectivity index (χ2n) is 6.46. The molecule has 0 aromatic heterocycles. The van der Waals surface area contributed by atoms with Crippen LogP contribution in [0.25, 0.3) is 0 Å². The minimum Gasteiger partial charge on any atom is -0.326 e. The molecule has 1 saturated heterocycles. The van der Waals surface area contributed by atoms with E-state index in [0.29, 0.717) is 6.04 Å². The molecule has 4 nitrogen and oxygen atoms in total. The molecule has 1 fully saturated rings. The Morgan fingerprint density at radius 1 is 1.43 bits per heavy atom. The Morgan fingerprint density at radius 2 is 2.19 bits per heavy atom. The van der Waals surface area contributed by atoms with Gasteiger partial charge in [-0.15, -0.1) is 0 Å². The highest BCUT2D eigenvalue weighted by Gasteiger charge is 2.25. The fourth-order valence-corrected chi connectivity index (χ4v) is 2.92. The quantitative estimate of drug-likeness (QED) is 0.894. The number of aryl methyl sites for hydroxylation is 1.